The smallest absolute Gasteiger partial charge is 0.339 e. The van der Waals surface area contributed by atoms with Gasteiger partial charge in [-0.05, 0) is 24.3 Å². The molecule has 1 atom stereocenters. The zero-order valence-electron chi connectivity index (χ0n) is 12.9. The minimum absolute atomic E-state index is 0.165. The van der Waals surface area contributed by atoms with Gasteiger partial charge in [-0.3, -0.25) is 4.79 Å². The van der Waals surface area contributed by atoms with Crippen molar-refractivity contribution in [3.8, 4) is 0 Å². The van der Waals surface area contributed by atoms with Crippen molar-refractivity contribution >= 4 is 40.5 Å². The fourth-order valence-electron chi connectivity index (χ4n) is 2.16. The SMILES string of the molecule is COC(=O)c1ccccc1NC(=O)C[NH+](C)Cc1ccc(Cl)s1. The highest BCUT2D eigenvalue weighted by atomic mass is 35.5. The molecule has 0 aliphatic heterocycles. The number of rotatable bonds is 6. The monoisotopic (exact) mass is 353 g/mol. The van der Waals surface area contributed by atoms with Crippen LogP contribution >= 0.6 is 22.9 Å². The third-order valence-corrected chi connectivity index (χ3v) is 4.40. The zero-order chi connectivity index (χ0) is 16.8. The summed E-state index contributed by atoms with van der Waals surface area (Å²) < 4.78 is 5.45. The number of ether oxygens (including phenoxy) is 1. The van der Waals surface area contributed by atoms with Crippen LogP contribution in [0.3, 0.4) is 0 Å². The molecule has 0 spiro atoms. The molecule has 0 fully saturated rings. The lowest BCUT2D eigenvalue weighted by molar-refractivity contribution is -0.884. The molecule has 0 aliphatic carbocycles. The molecule has 0 radical (unpaired) electrons. The quantitative estimate of drug-likeness (QED) is 0.779. The number of para-hydroxylation sites is 1. The fraction of sp³-hybridized carbons (Fsp3) is 0.250. The van der Waals surface area contributed by atoms with Crippen molar-refractivity contribution in [3.63, 3.8) is 0 Å². The molecule has 1 heterocycles. The topological polar surface area (TPSA) is 59.8 Å². The van der Waals surface area contributed by atoms with Gasteiger partial charge in [0.1, 0.15) is 6.54 Å². The van der Waals surface area contributed by atoms with E-state index in [-0.39, 0.29) is 12.5 Å². The van der Waals surface area contributed by atoms with Gasteiger partial charge in [-0.25, -0.2) is 4.79 Å². The number of hydrogen-bond acceptors (Lipinski definition) is 4. The molecule has 1 amide bonds. The molecule has 122 valence electrons. The maximum atomic E-state index is 12.2. The highest BCUT2D eigenvalue weighted by molar-refractivity contribution is 7.16. The molecule has 0 saturated heterocycles. The van der Waals surface area contributed by atoms with Crippen molar-refractivity contribution in [2.45, 2.75) is 6.54 Å². The van der Waals surface area contributed by atoms with Crippen LogP contribution in [-0.4, -0.2) is 32.6 Å². The number of quaternary nitrogens is 1. The maximum Gasteiger partial charge on any atom is 0.339 e. The molecule has 0 bridgehead atoms. The van der Waals surface area contributed by atoms with Gasteiger partial charge in [0.05, 0.1) is 34.6 Å². The number of thiophene rings is 1. The molecule has 23 heavy (non-hydrogen) atoms. The zero-order valence-corrected chi connectivity index (χ0v) is 14.5. The van der Waals surface area contributed by atoms with Crippen LogP contribution in [0.4, 0.5) is 5.69 Å². The molecule has 0 aliphatic rings. The average Bonchev–Trinajstić information content (AvgIpc) is 2.91. The van der Waals surface area contributed by atoms with Crippen molar-refractivity contribution in [2.24, 2.45) is 0 Å². The Bertz CT molecular complexity index is 702. The van der Waals surface area contributed by atoms with E-state index < -0.39 is 5.97 Å². The van der Waals surface area contributed by atoms with Crippen LogP contribution in [0.15, 0.2) is 36.4 Å². The number of esters is 1. The summed E-state index contributed by atoms with van der Waals surface area (Å²) in [5.74, 6) is -0.642. The lowest BCUT2D eigenvalue weighted by Crippen LogP contribution is -3.08. The Morgan fingerprint density at radius 2 is 2.00 bits per heavy atom. The van der Waals surface area contributed by atoms with Crippen molar-refractivity contribution in [1.29, 1.82) is 0 Å². The summed E-state index contributed by atoms with van der Waals surface area (Å²) in [5.41, 5.74) is 0.794. The molecule has 0 saturated carbocycles. The van der Waals surface area contributed by atoms with Crippen LogP contribution < -0.4 is 10.2 Å². The second-order valence-electron chi connectivity index (χ2n) is 5.10. The van der Waals surface area contributed by atoms with Crippen LogP contribution in [0.5, 0.6) is 0 Å². The minimum atomic E-state index is -0.477. The molecule has 5 nitrogen and oxygen atoms in total. The summed E-state index contributed by atoms with van der Waals surface area (Å²) in [6, 6.07) is 10.6. The van der Waals surface area contributed by atoms with E-state index in [9.17, 15) is 9.59 Å². The largest absolute Gasteiger partial charge is 0.465 e. The van der Waals surface area contributed by atoms with Crippen LogP contribution in [0.1, 0.15) is 15.2 Å². The van der Waals surface area contributed by atoms with E-state index in [1.54, 1.807) is 24.3 Å². The number of methoxy groups -OCH3 is 1. The summed E-state index contributed by atoms with van der Waals surface area (Å²) in [6.45, 7) is 0.995. The molecular weight excluding hydrogens is 336 g/mol. The lowest BCUT2D eigenvalue weighted by atomic mass is 10.2. The molecule has 2 aromatic rings. The minimum Gasteiger partial charge on any atom is -0.465 e. The molecule has 1 unspecified atom stereocenters. The second kappa shape index (κ2) is 8.10. The van der Waals surface area contributed by atoms with Gasteiger partial charge < -0.3 is 15.0 Å². The van der Waals surface area contributed by atoms with Gasteiger partial charge in [0.2, 0.25) is 0 Å². The predicted octanol–water partition coefficient (Wildman–Crippen LogP) is 1.84. The second-order valence-corrected chi connectivity index (χ2v) is 6.90. The summed E-state index contributed by atoms with van der Waals surface area (Å²) in [4.78, 5) is 26.0. The van der Waals surface area contributed by atoms with Gasteiger partial charge in [0.15, 0.2) is 6.54 Å². The molecule has 1 aromatic carbocycles. The van der Waals surface area contributed by atoms with E-state index in [2.05, 4.69) is 5.32 Å². The predicted molar refractivity (Wildman–Crippen MR) is 91.2 cm³/mol. The number of anilines is 1. The van der Waals surface area contributed by atoms with Crippen molar-refractivity contribution < 1.29 is 19.2 Å². The van der Waals surface area contributed by atoms with E-state index in [0.29, 0.717) is 17.8 Å². The van der Waals surface area contributed by atoms with Crippen molar-refractivity contribution in [2.75, 3.05) is 26.0 Å². The summed E-state index contributed by atoms with van der Waals surface area (Å²) in [7, 11) is 3.24. The number of carbonyl (C=O) groups is 2. The van der Waals surface area contributed by atoms with Crippen molar-refractivity contribution in [1.82, 2.24) is 0 Å². The highest BCUT2D eigenvalue weighted by Gasteiger charge is 2.16. The van der Waals surface area contributed by atoms with Crippen LogP contribution in [-0.2, 0) is 16.1 Å². The van der Waals surface area contributed by atoms with Crippen LogP contribution in [0.2, 0.25) is 4.34 Å². The Balaban J connectivity index is 1.95. The van der Waals surface area contributed by atoms with Crippen LogP contribution in [0.25, 0.3) is 0 Å². The molecule has 2 N–H and O–H groups in total. The summed E-state index contributed by atoms with van der Waals surface area (Å²) in [5, 5.41) is 2.76. The van der Waals surface area contributed by atoms with Gasteiger partial charge in [-0.1, -0.05) is 23.7 Å². The van der Waals surface area contributed by atoms with E-state index in [0.717, 1.165) is 14.1 Å². The number of likely N-dealkylation sites (N-methyl/N-ethyl adjacent to an activating group) is 1. The third-order valence-electron chi connectivity index (χ3n) is 3.17. The number of nitrogens with one attached hydrogen (secondary N) is 2. The van der Waals surface area contributed by atoms with Gasteiger partial charge in [0.25, 0.3) is 5.91 Å². The number of amides is 1. The molecular formula is C16H18ClN2O3S+. The normalized spacial score (nSPS) is 11.8. The standard InChI is InChI=1S/C16H17ClN2O3S/c1-19(9-11-7-8-14(17)23-11)10-15(20)18-13-6-4-3-5-12(13)16(21)22-2/h3-8H,9-10H2,1-2H3,(H,18,20)/p+1. The van der Waals surface area contributed by atoms with E-state index in [4.69, 9.17) is 16.3 Å². The molecule has 2 rings (SSSR count). The Hall–Kier alpha value is -1.89. The number of halogens is 1. The average molecular weight is 354 g/mol. The third kappa shape index (κ3) is 5.06. The first kappa shape index (κ1) is 17.5. The Kier molecular flexibility index (Phi) is 6.15. The molecule has 7 heteroatoms. The van der Waals surface area contributed by atoms with Gasteiger partial charge >= 0.3 is 5.97 Å². The first-order valence-corrected chi connectivity index (χ1v) is 8.21. The Morgan fingerprint density at radius 3 is 2.65 bits per heavy atom. The highest BCUT2D eigenvalue weighted by Crippen LogP contribution is 2.20. The van der Waals surface area contributed by atoms with Gasteiger partial charge in [-0.2, -0.15) is 0 Å². The lowest BCUT2D eigenvalue weighted by Gasteiger charge is -2.14. The Labute approximate surface area is 143 Å². The van der Waals surface area contributed by atoms with Gasteiger partial charge in [-0.15, -0.1) is 11.3 Å². The van der Waals surface area contributed by atoms with E-state index in [1.807, 2.05) is 19.2 Å². The summed E-state index contributed by atoms with van der Waals surface area (Å²) >= 11 is 7.41. The van der Waals surface area contributed by atoms with E-state index >= 15 is 0 Å². The summed E-state index contributed by atoms with van der Waals surface area (Å²) in [6.07, 6.45) is 0. The Morgan fingerprint density at radius 1 is 1.26 bits per heavy atom. The number of carbonyl (C=O) groups excluding carboxylic acids is 2. The first-order valence-electron chi connectivity index (χ1n) is 7.02. The van der Waals surface area contributed by atoms with E-state index in [1.165, 1.54) is 18.4 Å². The fourth-order valence-corrected chi connectivity index (χ4v) is 3.36. The van der Waals surface area contributed by atoms with Crippen LogP contribution in [0, 0.1) is 0 Å². The molecule has 1 aromatic heterocycles. The number of benzene rings is 1. The van der Waals surface area contributed by atoms with Gasteiger partial charge in [0, 0.05) is 0 Å². The number of hydrogen-bond donors (Lipinski definition) is 2. The maximum absolute atomic E-state index is 12.2. The first-order chi connectivity index (χ1) is 11.0. The van der Waals surface area contributed by atoms with Crippen molar-refractivity contribution in [3.05, 3.63) is 51.2 Å².